The molecule has 0 unspecified atom stereocenters. The zero-order valence-electron chi connectivity index (χ0n) is 18.5. The molecule has 0 radical (unpaired) electrons. The van der Waals surface area contributed by atoms with Gasteiger partial charge in [-0.2, -0.15) is 0 Å². The highest BCUT2D eigenvalue weighted by atomic mass is 16.6. The van der Waals surface area contributed by atoms with Gasteiger partial charge in [-0.25, -0.2) is 4.79 Å². The van der Waals surface area contributed by atoms with Gasteiger partial charge in [0.25, 0.3) is 0 Å². The van der Waals surface area contributed by atoms with Gasteiger partial charge in [0.2, 0.25) is 5.91 Å². The van der Waals surface area contributed by atoms with Gasteiger partial charge in [-0.05, 0) is 46.7 Å². The molecule has 3 fully saturated rings. The first-order valence-electron chi connectivity index (χ1n) is 11.0. The van der Waals surface area contributed by atoms with Gasteiger partial charge in [0, 0.05) is 57.6 Å². The third-order valence-corrected chi connectivity index (χ3v) is 5.49. The van der Waals surface area contributed by atoms with Crippen LogP contribution in [0, 0.1) is 11.8 Å². The topological polar surface area (TPSA) is 65.1 Å². The van der Waals surface area contributed by atoms with E-state index in [-0.39, 0.29) is 12.0 Å². The minimum atomic E-state index is -0.430. The van der Waals surface area contributed by atoms with Crippen molar-refractivity contribution in [3.05, 3.63) is 0 Å². The van der Waals surface area contributed by atoms with Crippen molar-refractivity contribution in [1.82, 2.24) is 20.0 Å². The predicted molar refractivity (Wildman–Crippen MR) is 111 cm³/mol. The average molecular weight is 397 g/mol. The molecule has 3 heterocycles. The summed E-state index contributed by atoms with van der Waals surface area (Å²) in [6, 6.07) is 0. The normalized spacial score (nSPS) is 22.2. The van der Waals surface area contributed by atoms with E-state index < -0.39 is 5.60 Å². The maximum absolute atomic E-state index is 12.6. The molecule has 0 atom stereocenters. The monoisotopic (exact) mass is 396 g/mol. The van der Waals surface area contributed by atoms with Crippen molar-refractivity contribution in [2.75, 3.05) is 58.9 Å². The van der Waals surface area contributed by atoms with E-state index in [0.717, 1.165) is 71.7 Å². The summed E-state index contributed by atoms with van der Waals surface area (Å²) in [4.78, 5) is 30.9. The quantitative estimate of drug-likeness (QED) is 0.791. The maximum Gasteiger partial charge on any atom is 0.410 e. The number of rotatable bonds is 3. The number of carbonyl (C=O) groups is 2. The summed E-state index contributed by atoms with van der Waals surface area (Å²) in [6.07, 6.45) is 1.73. The van der Waals surface area contributed by atoms with E-state index in [9.17, 15) is 9.59 Å². The van der Waals surface area contributed by atoms with Crippen molar-refractivity contribution >= 4 is 12.0 Å². The predicted octanol–water partition coefficient (Wildman–Crippen LogP) is 2.02. The lowest BCUT2D eigenvalue weighted by atomic mass is 9.93. The first kappa shape index (κ1) is 22.9. The van der Waals surface area contributed by atoms with Crippen molar-refractivity contribution in [2.24, 2.45) is 11.8 Å². The number of hydrogen-bond donors (Lipinski definition) is 1. The molecule has 3 rings (SSSR count). The maximum atomic E-state index is 12.6. The number of hydrogen-bond acceptors (Lipinski definition) is 5. The Labute approximate surface area is 170 Å². The molecule has 162 valence electrons. The SMILES string of the molecule is CC.CC(C)(C)OC(=O)N1CC(CN2CCC(C(=O)N3CCNCC3)CC2)C1. The van der Waals surface area contributed by atoms with E-state index >= 15 is 0 Å². The number of ether oxygens (including phenoxy) is 1. The summed E-state index contributed by atoms with van der Waals surface area (Å²) < 4.78 is 5.40. The standard InChI is InChI=1S/C19H34N4O3.C2H6/c1-19(2,3)26-18(25)23-13-15(14-23)12-21-8-4-16(5-9-21)17(24)22-10-6-20-7-11-22;1-2/h15-16,20H,4-14H2,1-3H3;1-2H3. The third-order valence-electron chi connectivity index (χ3n) is 5.49. The van der Waals surface area contributed by atoms with Crippen LogP contribution in [0.1, 0.15) is 47.5 Å². The molecule has 0 saturated carbocycles. The van der Waals surface area contributed by atoms with E-state index in [1.54, 1.807) is 4.90 Å². The Morgan fingerprint density at radius 2 is 1.54 bits per heavy atom. The van der Waals surface area contributed by atoms with Gasteiger partial charge in [0.1, 0.15) is 5.60 Å². The summed E-state index contributed by atoms with van der Waals surface area (Å²) in [6.45, 7) is 17.8. The van der Waals surface area contributed by atoms with Gasteiger partial charge >= 0.3 is 6.09 Å². The Balaban J connectivity index is 0.00000136. The summed E-state index contributed by atoms with van der Waals surface area (Å²) >= 11 is 0. The lowest BCUT2D eigenvalue weighted by molar-refractivity contribution is -0.137. The molecule has 0 aromatic heterocycles. The Hall–Kier alpha value is -1.34. The first-order valence-corrected chi connectivity index (χ1v) is 11.0. The fraction of sp³-hybridized carbons (Fsp3) is 0.905. The van der Waals surface area contributed by atoms with Crippen LogP contribution in [0.2, 0.25) is 0 Å². The van der Waals surface area contributed by atoms with Gasteiger partial charge in [-0.1, -0.05) is 13.8 Å². The van der Waals surface area contributed by atoms with E-state index in [1.807, 2.05) is 39.5 Å². The van der Waals surface area contributed by atoms with Gasteiger partial charge in [0.15, 0.2) is 0 Å². The molecule has 0 bridgehead atoms. The number of amides is 2. The van der Waals surface area contributed by atoms with Gasteiger partial charge in [0.05, 0.1) is 0 Å². The molecule has 28 heavy (non-hydrogen) atoms. The van der Waals surface area contributed by atoms with Crippen LogP contribution in [-0.2, 0) is 9.53 Å². The highest BCUT2D eigenvalue weighted by Gasteiger charge is 2.36. The molecular weight excluding hydrogens is 356 g/mol. The lowest BCUT2D eigenvalue weighted by Gasteiger charge is -2.43. The summed E-state index contributed by atoms with van der Waals surface area (Å²) in [7, 11) is 0. The number of piperazine rings is 1. The first-order chi connectivity index (χ1) is 13.3. The van der Waals surface area contributed by atoms with Crippen molar-refractivity contribution in [1.29, 1.82) is 0 Å². The van der Waals surface area contributed by atoms with Crippen LogP contribution in [0.25, 0.3) is 0 Å². The van der Waals surface area contributed by atoms with Crippen molar-refractivity contribution in [3.63, 3.8) is 0 Å². The second-order valence-electron chi connectivity index (χ2n) is 8.90. The van der Waals surface area contributed by atoms with Gasteiger partial charge < -0.3 is 24.8 Å². The fourth-order valence-electron chi connectivity index (χ4n) is 4.03. The molecule has 3 saturated heterocycles. The summed E-state index contributed by atoms with van der Waals surface area (Å²) in [5.74, 6) is 1.08. The Morgan fingerprint density at radius 3 is 2.07 bits per heavy atom. The number of nitrogens with zero attached hydrogens (tertiary/aromatic N) is 3. The molecular formula is C21H40N4O3. The van der Waals surface area contributed by atoms with Crippen molar-refractivity contribution in [2.45, 2.75) is 53.1 Å². The van der Waals surface area contributed by atoms with Crippen LogP contribution in [0.15, 0.2) is 0 Å². The van der Waals surface area contributed by atoms with Crippen LogP contribution in [0.3, 0.4) is 0 Å². The number of likely N-dealkylation sites (tertiary alicyclic amines) is 2. The van der Waals surface area contributed by atoms with Crippen LogP contribution >= 0.6 is 0 Å². The van der Waals surface area contributed by atoms with E-state index in [2.05, 4.69) is 10.2 Å². The smallest absolute Gasteiger partial charge is 0.410 e. The van der Waals surface area contributed by atoms with E-state index in [4.69, 9.17) is 4.74 Å². The highest BCUT2D eigenvalue weighted by Crippen LogP contribution is 2.24. The van der Waals surface area contributed by atoms with E-state index in [1.165, 1.54) is 0 Å². The molecule has 3 aliphatic heterocycles. The molecule has 3 aliphatic rings. The highest BCUT2D eigenvalue weighted by molar-refractivity contribution is 5.79. The molecule has 1 N–H and O–H groups in total. The second-order valence-corrected chi connectivity index (χ2v) is 8.90. The molecule has 0 spiro atoms. The number of carbonyl (C=O) groups excluding carboxylic acids is 2. The fourth-order valence-corrected chi connectivity index (χ4v) is 4.03. The molecule has 7 heteroatoms. The number of nitrogens with one attached hydrogen (secondary N) is 1. The molecule has 7 nitrogen and oxygen atoms in total. The number of piperidine rings is 1. The second kappa shape index (κ2) is 10.4. The largest absolute Gasteiger partial charge is 0.444 e. The van der Waals surface area contributed by atoms with Crippen LogP contribution in [-0.4, -0.2) is 91.2 Å². The minimum absolute atomic E-state index is 0.198. The average Bonchev–Trinajstić information content (AvgIpc) is 2.65. The minimum Gasteiger partial charge on any atom is -0.444 e. The van der Waals surface area contributed by atoms with Crippen LogP contribution in [0.4, 0.5) is 4.79 Å². The van der Waals surface area contributed by atoms with Crippen molar-refractivity contribution < 1.29 is 14.3 Å². The molecule has 2 amide bonds. The Kier molecular flexibility index (Phi) is 8.56. The van der Waals surface area contributed by atoms with Crippen LogP contribution in [0.5, 0.6) is 0 Å². The summed E-state index contributed by atoms with van der Waals surface area (Å²) in [5.41, 5.74) is -0.430. The van der Waals surface area contributed by atoms with Gasteiger partial charge in [-0.15, -0.1) is 0 Å². The lowest BCUT2D eigenvalue weighted by Crippen LogP contribution is -2.56. The molecule has 0 aromatic rings. The molecule has 0 aromatic carbocycles. The third kappa shape index (κ3) is 6.62. The Morgan fingerprint density at radius 1 is 0.964 bits per heavy atom. The van der Waals surface area contributed by atoms with Gasteiger partial charge in [-0.3, -0.25) is 4.79 Å². The molecule has 0 aliphatic carbocycles. The summed E-state index contributed by atoms with van der Waals surface area (Å²) in [5, 5.41) is 3.30. The Bertz CT molecular complexity index is 500. The van der Waals surface area contributed by atoms with E-state index in [0.29, 0.717) is 11.8 Å². The zero-order valence-corrected chi connectivity index (χ0v) is 18.5. The van der Waals surface area contributed by atoms with Crippen LogP contribution < -0.4 is 5.32 Å². The van der Waals surface area contributed by atoms with Crippen molar-refractivity contribution in [3.8, 4) is 0 Å². The zero-order chi connectivity index (χ0) is 20.7.